The summed E-state index contributed by atoms with van der Waals surface area (Å²) >= 11 is 0. The number of aliphatic carboxylic acids is 3. The zero-order chi connectivity index (χ0) is 42.6. The Morgan fingerprint density at radius 3 is 1.45 bits per heavy atom. The maximum absolute atomic E-state index is 13.8. The van der Waals surface area contributed by atoms with Crippen LogP contribution in [0.2, 0.25) is 0 Å². The second kappa shape index (κ2) is 25.3. The highest BCUT2D eigenvalue weighted by atomic mass is 16.4. The van der Waals surface area contributed by atoms with Crippen LogP contribution in [0.3, 0.4) is 0 Å². The van der Waals surface area contributed by atoms with Gasteiger partial charge in [-0.2, -0.15) is 0 Å². The fourth-order valence-electron chi connectivity index (χ4n) is 5.15. The number of nitrogens with one attached hydrogen (secondary N) is 6. The summed E-state index contributed by atoms with van der Waals surface area (Å²) < 4.78 is 0. The average molecular weight is 787 g/mol. The van der Waals surface area contributed by atoms with Gasteiger partial charge < -0.3 is 58.7 Å². The van der Waals surface area contributed by atoms with E-state index >= 15 is 0 Å². The predicted molar refractivity (Wildman–Crippen MR) is 199 cm³/mol. The zero-order valence-corrected chi connectivity index (χ0v) is 32.8. The highest BCUT2D eigenvalue weighted by Gasteiger charge is 2.35. The standard InChI is InChI=1S/C35H62N8O12/c1-8-19(6)28(43-32(51)23(13-15-25(46)47)39-30(49)21(37)12-14-24(44)45)34(53)40-22(11-9-10-16-36)31(50)41-26(17(2)3)33(52)38-20(7)29(48)42-27(18(4)5)35(54)55/h17-23,26-28H,8-16,36-37H2,1-7H3,(H,38,52)(H,39,49)(H,40,53)(H,41,50)(H,42,48)(H,43,51)(H,44,45)(H,46,47)(H,54,55)/t19-,20-,21-,22-,23-,26-,27-,28-/m0/s1. The molecule has 8 atom stereocenters. The van der Waals surface area contributed by atoms with Crippen LogP contribution >= 0.6 is 0 Å². The van der Waals surface area contributed by atoms with Crippen LogP contribution in [0.4, 0.5) is 0 Å². The number of carbonyl (C=O) groups excluding carboxylic acids is 6. The van der Waals surface area contributed by atoms with E-state index in [9.17, 15) is 53.4 Å². The Bertz CT molecular complexity index is 1340. The molecule has 0 bridgehead atoms. The number of hydrogen-bond acceptors (Lipinski definition) is 11. The summed E-state index contributed by atoms with van der Waals surface area (Å²) in [6, 6.07) is -8.84. The summed E-state index contributed by atoms with van der Waals surface area (Å²) in [5.74, 6) is -10.0. The first kappa shape index (κ1) is 50.1. The molecular weight excluding hydrogens is 724 g/mol. The number of carbonyl (C=O) groups is 9. The molecule has 0 unspecified atom stereocenters. The second-order valence-corrected chi connectivity index (χ2v) is 14.3. The van der Waals surface area contributed by atoms with Crippen molar-refractivity contribution in [1.29, 1.82) is 0 Å². The monoisotopic (exact) mass is 786 g/mol. The molecule has 0 radical (unpaired) electrons. The van der Waals surface area contributed by atoms with Crippen molar-refractivity contribution < 1.29 is 58.5 Å². The molecule has 0 aliphatic heterocycles. The van der Waals surface area contributed by atoms with Crippen molar-refractivity contribution in [3.8, 4) is 0 Å². The molecule has 13 N–H and O–H groups in total. The summed E-state index contributed by atoms with van der Waals surface area (Å²) in [5, 5.41) is 42.6. The van der Waals surface area contributed by atoms with E-state index in [4.69, 9.17) is 16.6 Å². The Hall–Kier alpha value is -4.85. The van der Waals surface area contributed by atoms with Crippen molar-refractivity contribution in [3.05, 3.63) is 0 Å². The lowest BCUT2D eigenvalue weighted by Gasteiger charge is -2.30. The first-order chi connectivity index (χ1) is 25.6. The number of unbranched alkanes of at least 4 members (excludes halogenated alkanes) is 1. The van der Waals surface area contributed by atoms with Crippen molar-refractivity contribution in [1.82, 2.24) is 31.9 Å². The topological polar surface area (TPSA) is 339 Å². The third kappa shape index (κ3) is 18.8. The molecule has 0 aromatic carbocycles. The number of carboxylic acids is 3. The average Bonchev–Trinajstić information content (AvgIpc) is 3.10. The van der Waals surface area contributed by atoms with E-state index in [1.54, 1.807) is 41.5 Å². The molecular formula is C35H62N8O12. The van der Waals surface area contributed by atoms with Crippen LogP contribution in [-0.4, -0.2) is 118 Å². The first-order valence-electron chi connectivity index (χ1n) is 18.5. The minimum atomic E-state index is -1.46. The van der Waals surface area contributed by atoms with Gasteiger partial charge in [-0.05, 0) is 63.3 Å². The normalized spacial score (nSPS) is 15.5. The largest absolute Gasteiger partial charge is 0.481 e. The molecule has 0 aliphatic carbocycles. The number of carboxylic acid groups (broad SMARTS) is 3. The van der Waals surface area contributed by atoms with Gasteiger partial charge in [-0.25, -0.2) is 4.79 Å². The maximum atomic E-state index is 13.8. The number of amides is 6. The molecule has 0 aliphatic rings. The van der Waals surface area contributed by atoms with Crippen molar-refractivity contribution in [2.75, 3.05) is 6.54 Å². The van der Waals surface area contributed by atoms with Gasteiger partial charge in [0.15, 0.2) is 0 Å². The Kier molecular flexibility index (Phi) is 23.0. The van der Waals surface area contributed by atoms with Crippen LogP contribution in [0, 0.1) is 17.8 Å². The Morgan fingerprint density at radius 1 is 0.527 bits per heavy atom. The lowest BCUT2D eigenvalue weighted by atomic mass is 9.96. The van der Waals surface area contributed by atoms with Crippen LogP contribution in [-0.2, 0) is 43.2 Å². The Morgan fingerprint density at radius 2 is 0.982 bits per heavy atom. The van der Waals surface area contributed by atoms with Gasteiger partial charge in [0.2, 0.25) is 35.4 Å². The minimum Gasteiger partial charge on any atom is -0.481 e. The van der Waals surface area contributed by atoms with Crippen LogP contribution in [0.25, 0.3) is 0 Å². The molecule has 0 saturated carbocycles. The Labute approximate surface area is 321 Å². The molecule has 0 heterocycles. The maximum Gasteiger partial charge on any atom is 0.326 e. The molecule has 20 nitrogen and oxygen atoms in total. The van der Waals surface area contributed by atoms with Gasteiger partial charge in [0.25, 0.3) is 0 Å². The van der Waals surface area contributed by atoms with Gasteiger partial charge in [0.05, 0.1) is 6.04 Å². The molecule has 0 aromatic heterocycles. The summed E-state index contributed by atoms with van der Waals surface area (Å²) in [6.07, 6.45) is -0.285. The van der Waals surface area contributed by atoms with Crippen molar-refractivity contribution in [2.24, 2.45) is 29.2 Å². The summed E-state index contributed by atoms with van der Waals surface area (Å²) in [7, 11) is 0. The minimum absolute atomic E-state index is 0.0818. The van der Waals surface area contributed by atoms with Gasteiger partial charge in [-0.1, -0.05) is 48.0 Å². The molecule has 314 valence electrons. The van der Waals surface area contributed by atoms with E-state index in [1.165, 1.54) is 6.92 Å². The van der Waals surface area contributed by atoms with Crippen molar-refractivity contribution in [3.63, 3.8) is 0 Å². The molecule has 6 amide bonds. The molecule has 55 heavy (non-hydrogen) atoms. The van der Waals surface area contributed by atoms with Crippen LogP contribution in [0.1, 0.15) is 99.8 Å². The predicted octanol–water partition coefficient (Wildman–Crippen LogP) is -1.46. The quantitative estimate of drug-likeness (QED) is 0.0424. The highest BCUT2D eigenvalue weighted by Crippen LogP contribution is 2.13. The molecule has 0 spiro atoms. The van der Waals surface area contributed by atoms with E-state index in [0.29, 0.717) is 19.3 Å². The zero-order valence-electron chi connectivity index (χ0n) is 32.8. The van der Waals surface area contributed by atoms with E-state index in [-0.39, 0.29) is 25.8 Å². The third-order valence-electron chi connectivity index (χ3n) is 8.89. The third-order valence-corrected chi connectivity index (χ3v) is 8.89. The van der Waals surface area contributed by atoms with E-state index in [1.807, 2.05) is 0 Å². The fourth-order valence-corrected chi connectivity index (χ4v) is 5.15. The molecule has 0 rings (SSSR count). The molecule has 0 fully saturated rings. The van der Waals surface area contributed by atoms with Gasteiger partial charge in [-0.15, -0.1) is 0 Å². The van der Waals surface area contributed by atoms with Gasteiger partial charge in [0.1, 0.15) is 36.3 Å². The smallest absolute Gasteiger partial charge is 0.326 e. The highest BCUT2D eigenvalue weighted by molar-refractivity contribution is 5.97. The number of nitrogens with two attached hydrogens (primary N) is 2. The van der Waals surface area contributed by atoms with Crippen LogP contribution < -0.4 is 43.4 Å². The number of hydrogen-bond donors (Lipinski definition) is 11. The van der Waals surface area contributed by atoms with E-state index in [2.05, 4.69) is 31.9 Å². The summed E-state index contributed by atoms with van der Waals surface area (Å²) in [4.78, 5) is 113. The summed E-state index contributed by atoms with van der Waals surface area (Å²) in [6.45, 7) is 11.5. The Balaban J connectivity index is 6.18. The van der Waals surface area contributed by atoms with Crippen LogP contribution in [0.5, 0.6) is 0 Å². The van der Waals surface area contributed by atoms with E-state index < -0.39 is 126 Å². The van der Waals surface area contributed by atoms with Crippen molar-refractivity contribution in [2.45, 2.75) is 142 Å². The van der Waals surface area contributed by atoms with Gasteiger partial charge in [0, 0.05) is 12.8 Å². The first-order valence-corrected chi connectivity index (χ1v) is 18.5. The molecule has 20 heteroatoms. The van der Waals surface area contributed by atoms with Crippen LogP contribution in [0.15, 0.2) is 0 Å². The SMILES string of the molecule is CC[C@H](C)[C@H](NC(=O)[C@H](CCC(=O)O)NC(=O)[C@@H](N)CCC(=O)O)C(=O)N[C@@H](CCCCN)C(=O)N[C@H](C(=O)N[C@@H](C)C(=O)N[C@H](C(=O)O)C(C)C)C(C)C. The fraction of sp³-hybridized carbons (Fsp3) is 0.743. The molecule has 0 aromatic rings. The van der Waals surface area contributed by atoms with Gasteiger partial charge >= 0.3 is 17.9 Å². The summed E-state index contributed by atoms with van der Waals surface area (Å²) in [5.41, 5.74) is 11.4. The van der Waals surface area contributed by atoms with Crippen molar-refractivity contribution >= 4 is 53.4 Å². The lowest BCUT2D eigenvalue weighted by Crippen LogP contribution is -2.61. The molecule has 0 saturated heterocycles. The van der Waals surface area contributed by atoms with E-state index in [0.717, 1.165) is 0 Å². The lowest BCUT2D eigenvalue weighted by molar-refractivity contribution is -0.143. The number of rotatable bonds is 27. The second-order valence-electron chi connectivity index (χ2n) is 14.3. The van der Waals surface area contributed by atoms with Gasteiger partial charge in [-0.3, -0.25) is 38.4 Å².